The molecule has 0 radical (unpaired) electrons. The summed E-state index contributed by atoms with van der Waals surface area (Å²) in [5, 5.41) is 9.91. The van der Waals surface area contributed by atoms with Gasteiger partial charge >= 0.3 is 0 Å². The Morgan fingerprint density at radius 2 is 1.93 bits per heavy atom. The maximum atomic E-state index is 9.91. The second-order valence-electron chi connectivity index (χ2n) is 5.39. The Bertz CT molecular complexity index is 189. The van der Waals surface area contributed by atoms with Crippen LogP contribution in [0.4, 0.5) is 0 Å². The molecule has 0 saturated heterocycles. The van der Waals surface area contributed by atoms with Gasteiger partial charge in [0.25, 0.3) is 0 Å². The minimum atomic E-state index is -0.0469. The average molecular weight is 197 g/mol. The van der Waals surface area contributed by atoms with Crippen molar-refractivity contribution in [3.63, 3.8) is 0 Å². The van der Waals surface area contributed by atoms with Gasteiger partial charge in [0, 0.05) is 18.6 Å². The highest BCUT2D eigenvalue weighted by atomic mass is 16.3. The number of rotatable bonds is 4. The Hall–Kier alpha value is -0.0800. The van der Waals surface area contributed by atoms with Crippen LogP contribution in [0.2, 0.25) is 0 Å². The van der Waals surface area contributed by atoms with E-state index in [1.54, 1.807) is 0 Å². The zero-order chi connectivity index (χ0) is 10.1. The van der Waals surface area contributed by atoms with Crippen molar-refractivity contribution in [1.82, 2.24) is 4.90 Å². The lowest BCUT2D eigenvalue weighted by Gasteiger charge is -2.32. The fourth-order valence-corrected chi connectivity index (χ4v) is 2.69. The lowest BCUT2D eigenvalue weighted by molar-refractivity contribution is 0.0582. The summed E-state index contributed by atoms with van der Waals surface area (Å²) < 4.78 is 0. The van der Waals surface area contributed by atoms with Gasteiger partial charge in [0.15, 0.2) is 0 Å². The minimum absolute atomic E-state index is 0.0469. The summed E-state index contributed by atoms with van der Waals surface area (Å²) in [6.07, 6.45) is 6.12. The first-order valence-electron chi connectivity index (χ1n) is 6.12. The zero-order valence-electron chi connectivity index (χ0n) is 9.45. The highest BCUT2D eigenvalue weighted by Crippen LogP contribution is 2.34. The van der Waals surface area contributed by atoms with Crippen molar-refractivity contribution in [2.45, 2.75) is 64.1 Å². The molecule has 1 N–H and O–H groups in total. The molecule has 0 bridgehead atoms. The van der Waals surface area contributed by atoms with Crippen molar-refractivity contribution in [3.8, 4) is 0 Å². The van der Waals surface area contributed by atoms with Gasteiger partial charge in [-0.2, -0.15) is 0 Å². The standard InChI is InChI=1S/C12H23NO/c1-9(2)8-13(10-6-7-10)11-4-3-5-12(11)14/h9-12,14H,3-8H2,1-2H3. The van der Waals surface area contributed by atoms with Crippen LogP contribution >= 0.6 is 0 Å². The number of aliphatic hydroxyl groups is 1. The van der Waals surface area contributed by atoms with Gasteiger partial charge in [-0.15, -0.1) is 0 Å². The molecule has 0 aromatic rings. The molecule has 2 atom stereocenters. The second-order valence-corrected chi connectivity index (χ2v) is 5.39. The van der Waals surface area contributed by atoms with E-state index in [0.29, 0.717) is 6.04 Å². The van der Waals surface area contributed by atoms with Crippen LogP contribution in [0, 0.1) is 5.92 Å². The Kier molecular flexibility index (Phi) is 3.13. The van der Waals surface area contributed by atoms with Crippen molar-refractivity contribution < 1.29 is 5.11 Å². The van der Waals surface area contributed by atoms with Gasteiger partial charge in [0.05, 0.1) is 6.10 Å². The first-order chi connectivity index (χ1) is 6.68. The Balaban J connectivity index is 1.94. The first-order valence-corrected chi connectivity index (χ1v) is 6.12. The molecule has 0 amide bonds. The van der Waals surface area contributed by atoms with Crippen LogP contribution in [0.5, 0.6) is 0 Å². The SMILES string of the molecule is CC(C)CN(C1CC1)C1CCCC1O. The van der Waals surface area contributed by atoms with Crippen molar-refractivity contribution >= 4 is 0 Å². The summed E-state index contributed by atoms with van der Waals surface area (Å²) in [5.74, 6) is 0.725. The summed E-state index contributed by atoms with van der Waals surface area (Å²) in [5.41, 5.74) is 0. The van der Waals surface area contributed by atoms with E-state index in [0.717, 1.165) is 18.4 Å². The predicted octanol–water partition coefficient (Wildman–Crippen LogP) is 2.02. The fraction of sp³-hybridized carbons (Fsp3) is 1.00. The maximum absolute atomic E-state index is 9.91. The topological polar surface area (TPSA) is 23.5 Å². The van der Waals surface area contributed by atoms with E-state index in [1.807, 2.05) is 0 Å². The molecule has 2 heteroatoms. The molecule has 82 valence electrons. The van der Waals surface area contributed by atoms with Crippen molar-refractivity contribution in [1.29, 1.82) is 0 Å². The molecule has 2 fully saturated rings. The Morgan fingerprint density at radius 1 is 1.21 bits per heavy atom. The van der Waals surface area contributed by atoms with Gasteiger partial charge in [-0.25, -0.2) is 0 Å². The summed E-state index contributed by atoms with van der Waals surface area (Å²) in [6, 6.07) is 1.28. The van der Waals surface area contributed by atoms with Gasteiger partial charge in [-0.05, 0) is 38.0 Å². The van der Waals surface area contributed by atoms with E-state index in [-0.39, 0.29) is 6.10 Å². The number of aliphatic hydroxyl groups excluding tert-OH is 1. The molecule has 14 heavy (non-hydrogen) atoms. The van der Waals surface area contributed by atoms with Crippen LogP contribution < -0.4 is 0 Å². The van der Waals surface area contributed by atoms with Gasteiger partial charge in [-0.1, -0.05) is 13.8 Å². The molecule has 0 heterocycles. The van der Waals surface area contributed by atoms with Crippen molar-refractivity contribution in [3.05, 3.63) is 0 Å². The number of nitrogens with zero attached hydrogens (tertiary/aromatic N) is 1. The van der Waals surface area contributed by atoms with E-state index in [9.17, 15) is 5.11 Å². The van der Waals surface area contributed by atoms with Crippen molar-refractivity contribution in [2.75, 3.05) is 6.54 Å². The summed E-state index contributed by atoms with van der Waals surface area (Å²) in [4.78, 5) is 2.59. The molecule has 2 nitrogen and oxygen atoms in total. The zero-order valence-corrected chi connectivity index (χ0v) is 9.45. The molecule has 2 aliphatic carbocycles. The minimum Gasteiger partial charge on any atom is -0.391 e. The van der Waals surface area contributed by atoms with Gasteiger partial charge in [0.1, 0.15) is 0 Å². The van der Waals surface area contributed by atoms with E-state index < -0.39 is 0 Å². The Morgan fingerprint density at radius 3 is 2.36 bits per heavy atom. The molecule has 0 aromatic heterocycles. The summed E-state index contributed by atoms with van der Waals surface area (Å²) in [7, 11) is 0. The molecular formula is C12H23NO. The average Bonchev–Trinajstić information content (AvgIpc) is 2.86. The van der Waals surface area contributed by atoms with Crippen LogP contribution in [-0.4, -0.2) is 34.7 Å². The van der Waals surface area contributed by atoms with Crippen LogP contribution in [0.1, 0.15) is 46.0 Å². The van der Waals surface area contributed by atoms with E-state index in [4.69, 9.17) is 0 Å². The van der Waals surface area contributed by atoms with Gasteiger partial charge in [-0.3, -0.25) is 4.90 Å². The van der Waals surface area contributed by atoms with Crippen LogP contribution in [0.3, 0.4) is 0 Å². The summed E-state index contributed by atoms with van der Waals surface area (Å²) >= 11 is 0. The maximum Gasteiger partial charge on any atom is 0.0695 e. The number of hydrogen-bond donors (Lipinski definition) is 1. The molecule has 2 aliphatic rings. The predicted molar refractivity (Wildman–Crippen MR) is 58.2 cm³/mol. The normalized spacial score (nSPS) is 33.2. The van der Waals surface area contributed by atoms with E-state index in [2.05, 4.69) is 18.7 Å². The third kappa shape index (κ3) is 2.29. The van der Waals surface area contributed by atoms with Gasteiger partial charge in [0.2, 0.25) is 0 Å². The highest BCUT2D eigenvalue weighted by Gasteiger charge is 2.38. The Labute approximate surface area is 87.3 Å². The first kappa shape index (κ1) is 10.4. The lowest BCUT2D eigenvalue weighted by Crippen LogP contribution is -2.43. The molecule has 2 unspecified atom stereocenters. The fourth-order valence-electron chi connectivity index (χ4n) is 2.69. The quantitative estimate of drug-likeness (QED) is 0.745. The molecule has 0 aromatic carbocycles. The molecule has 0 spiro atoms. The van der Waals surface area contributed by atoms with Crippen LogP contribution in [0.15, 0.2) is 0 Å². The van der Waals surface area contributed by atoms with E-state index in [1.165, 1.54) is 32.2 Å². The van der Waals surface area contributed by atoms with Crippen LogP contribution in [0.25, 0.3) is 0 Å². The summed E-state index contributed by atoms with van der Waals surface area (Å²) in [6.45, 7) is 5.72. The monoisotopic (exact) mass is 197 g/mol. The largest absolute Gasteiger partial charge is 0.391 e. The highest BCUT2D eigenvalue weighted by molar-refractivity contribution is 4.94. The van der Waals surface area contributed by atoms with Gasteiger partial charge < -0.3 is 5.11 Å². The lowest BCUT2D eigenvalue weighted by atomic mass is 10.1. The number of hydrogen-bond acceptors (Lipinski definition) is 2. The second kappa shape index (κ2) is 4.19. The smallest absolute Gasteiger partial charge is 0.0695 e. The van der Waals surface area contributed by atoms with Crippen LogP contribution in [-0.2, 0) is 0 Å². The molecule has 2 rings (SSSR count). The molecule has 0 aliphatic heterocycles. The molecule has 2 saturated carbocycles. The third-order valence-electron chi connectivity index (χ3n) is 3.46. The third-order valence-corrected chi connectivity index (χ3v) is 3.46. The van der Waals surface area contributed by atoms with Crippen molar-refractivity contribution in [2.24, 2.45) is 5.92 Å². The molecular weight excluding hydrogens is 174 g/mol. The van der Waals surface area contributed by atoms with E-state index >= 15 is 0 Å².